The summed E-state index contributed by atoms with van der Waals surface area (Å²) in [5.74, 6) is 2.09. The van der Waals surface area contributed by atoms with Crippen molar-refractivity contribution in [1.82, 2.24) is 4.90 Å². The van der Waals surface area contributed by atoms with Crippen molar-refractivity contribution < 1.29 is 0 Å². The third-order valence-corrected chi connectivity index (χ3v) is 5.35. The maximum Gasteiger partial charge on any atom is 0.0199 e. The molecule has 2 aliphatic heterocycles. The van der Waals surface area contributed by atoms with Crippen molar-refractivity contribution >= 4 is 11.8 Å². The molecule has 0 spiro atoms. The Bertz CT molecular complexity index is 210. The molecule has 0 aromatic rings. The van der Waals surface area contributed by atoms with E-state index in [2.05, 4.69) is 30.5 Å². The molecule has 0 saturated carbocycles. The molecule has 2 saturated heterocycles. The molecule has 0 bridgehead atoms. The lowest BCUT2D eigenvalue weighted by atomic mass is 9.91. The van der Waals surface area contributed by atoms with Crippen molar-refractivity contribution in [1.29, 1.82) is 0 Å². The van der Waals surface area contributed by atoms with Crippen molar-refractivity contribution in [2.45, 2.75) is 50.4 Å². The molecule has 2 rings (SSSR count). The highest BCUT2D eigenvalue weighted by atomic mass is 32.2. The molecule has 0 aromatic carbocycles. The summed E-state index contributed by atoms with van der Waals surface area (Å²) in [5, 5.41) is 0.862. The standard InChI is InChI=1S/C12H24N2S/c1-9-3-4-11(6-13)7-14(9)12-5-10(2)15-8-12/h9-12H,3-8,13H2,1-2H3. The maximum atomic E-state index is 5.81. The lowest BCUT2D eigenvalue weighted by Crippen LogP contribution is -2.49. The Morgan fingerprint density at radius 2 is 2.13 bits per heavy atom. The fraction of sp³-hybridized carbons (Fsp3) is 1.00. The summed E-state index contributed by atoms with van der Waals surface area (Å²) >= 11 is 2.14. The summed E-state index contributed by atoms with van der Waals surface area (Å²) in [6.45, 7) is 6.87. The van der Waals surface area contributed by atoms with E-state index in [0.717, 1.165) is 29.8 Å². The van der Waals surface area contributed by atoms with Crippen LogP contribution in [0.2, 0.25) is 0 Å². The lowest BCUT2D eigenvalue weighted by Gasteiger charge is -2.41. The van der Waals surface area contributed by atoms with Gasteiger partial charge in [-0.2, -0.15) is 11.8 Å². The molecule has 0 aliphatic carbocycles. The zero-order valence-corrected chi connectivity index (χ0v) is 10.8. The average Bonchev–Trinajstić information content (AvgIpc) is 2.65. The first-order chi connectivity index (χ1) is 7.20. The molecule has 2 aliphatic rings. The second-order valence-electron chi connectivity index (χ2n) is 5.26. The minimum absolute atomic E-state index is 0.752. The van der Waals surface area contributed by atoms with Gasteiger partial charge in [-0.1, -0.05) is 6.92 Å². The zero-order valence-electron chi connectivity index (χ0n) is 9.98. The SMILES string of the molecule is CC1CC(N2CC(CN)CCC2C)CS1. The van der Waals surface area contributed by atoms with Crippen LogP contribution in [0.25, 0.3) is 0 Å². The van der Waals surface area contributed by atoms with Gasteiger partial charge in [0.1, 0.15) is 0 Å². The van der Waals surface area contributed by atoms with Crippen molar-refractivity contribution in [3.63, 3.8) is 0 Å². The number of rotatable bonds is 2. The van der Waals surface area contributed by atoms with Gasteiger partial charge in [0.25, 0.3) is 0 Å². The van der Waals surface area contributed by atoms with Gasteiger partial charge >= 0.3 is 0 Å². The second kappa shape index (κ2) is 5.07. The monoisotopic (exact) mass is 228 g/mol. The lowest BCUT2D eigenvalue weighted by molar-refractivity contribution is 0.0827. The van der Waals surface area contributed by atoms with Crippen molar-refractivity contribution in [3.8, 4) is 0 Å². The van der Waals surface area contributed by atoms with E-state index in [-0.39, 0.29) is 0 Å². The predicted molar refractivity (Wildman–Crippen MR) is 68.3 cm³/mol. The van der Waals surface area contributed by atoms with Crippen LogP contribution in [0.3, 0.4) is 0 Å². The van der Waals surface area contributed by atoms with Crippen LogP contribution < -0.4 is 5.73 Å². The van der Waals surface area contributed by atoms with Gasteiger partial charge in [-0.05, 0) is 38.6 Å². The van der Waals surface area contributed by atoms with Crippen LogP contribution in [0.4, 0.5) is 0 Å². The first-order valence-electron chi connectivity index (χ1n) is 6.28. The molecule has 2 N–H and O–H groups in total. The molecule has 0 aromatic heterocycles. The third kappa shape index (κ3) is 2.69. The van der Waals surface area contributed by atoms with Crippen LogP contribution in [-0.2, 0) is 0 Å². The van der Waals surface area contributed by atoms with Crippen LogP contribution in [0.15, 0.2) is 0 Å². The van der Waals surface area contributed by atoms with Gasteiger partial charge in [0, 0.05) is 29.6 Å². The molecule has 88 valence electrons. The molecule has 2 nitrogen and oxygen atoms in total. The maximum absolute atomic E-state index is 5.81. The number of piperidine rings is 1. The number of hydrogen-bond donors (Lipinski definition) is 1. The highest BCUT2D eigenvalue weighted by Crippen LogP contribution is 2.33. The topological polar surface area (TPSA) is 29.3 Å². The Balaban J connectivity index is 1.93. The molecule has 3 heteroatoms. The van der Waals surface area contributed by atoms with Gasteiger partial charge in [0.05, 0.1) is 0 Å². The van der Waals surface area contributed by atoms with Crippen LogP contribution in [0, 0.1) is 5.92 Å². The van der Waals surface area contributed by atoms with E-state index in [0.29, 0.717) is 0 Å². The average molecular weight is 228 g/mol. The molecule has 0 radical (unpaired) electrons. The van der Waals surface area contributed by atoms with E-state index in [1.165, 1.54) is 31.6 Å². The minimum atomic E-state index is 0.752. The van der Waals surface area contributed by atoms with Crippen LogP contribution in [0.5, 0.6) is 0 Å². The predicted octanol–water partition coefficient (Wildman–Crippen LogP) is 1.94. The van der Waals surface area contributed by atoms with Crippen LogP contribution in [0.1, 0.15) is 33.1 Å². The van der Waals surface area contributed by atoms with E-state index < -0.39 is 0 Å². The molecule has 15 heavy (non-hydrogen) atoms. The molecule has 4 unspecified atom stereocenters. The van der Waals surface area contributed by atoms with Gasteiger partial charge in [-0.15, -0.1) is 0 Å². The van der Waals surface area contributed by atoms with Gasteiger partial charge in [-0.3, -0.25) is 4.90 Å². The number of nitrogens with zero attached hydrogens (tertiary/aromatic N) is 1. The summed E-state index contributed by atoms with van der Waals surface area (Å²) in [7, 11) is 0. The highest BCUT2D eigenvalue weighted by Gasteiger charge is 2.33. The Labute approximate surface area is 98.0 Å². The Morgan fingerprint density at radius 1 is 1.33 bits per heavy atom. The normalized spacial score (nSPS) is 43.4. The fourth-order valence-corrected chi connectivity index (χ4v) is 4.18. The van der Waals surface area contributed by atoms with Crippen molar-refractivity contribution in [2.75, 3.05) is 18.8 Å². The first kappa shape index (κ1) is 11.7. The summed E-state index contributed by atoms with van der Waals surface area (Å²) < 4.78 is 0. The van der Waals surface area contributed by atoms with Crippen LogP contribution >= 0.6 is 11.8 Å². The molecule has 0 amide bonds. The quantitative estimate of drug-likeness (QED) is 0.783. The number of thioether (sulfide) groups is 1. The van der Waals surface area contributed by atoms with E-state index in [1.807, 2.05) is 0 Å². The van der Waals surface area contributed by atoms with Crippen molar-refractivity contribution in [2.24, 2.45) is 11.7 Å². The van der Waals surface area contributed by atoms with E-state index in [1.54, 1.807) is 0 Å². The van der Waals surface area contributed by atoms with Gasteiger partial charge < -0.3 is 5.73 Å². The Hall–Kier alpha value is 0.270. The van der Waals surface area contributed by atoms with Crippen molar-refractivity contribution in [3.05, 3.63) is 0 Å². The fourth-order valence-electron chi connectivity index (χ4n) is 2.94. The largest absolute Gasteiger partial charge is 0.330 e. The second-order valence-corrected chi connectivity index (χ2v) is 6.73. The third-order valence-electron chi connectivity index (χ3n) is 4.01. The first-order valence-corrected chi connectivity index (χ1v) is 7.33. The smallest absolute Gasteiger partial charge is 0.0199 e. The molecular weight excluding hydrogens is 204 g/mol. The Kier molecular flexibility index (Phi) is 3.97. The summed E-state index contributed by atoms with van der Waals surface area (Å²) in [6, 6.07) is 1.61. The van der Waals surface area contributed by atoms with Crippen LogP contribution in [-0.4, -0.2) is 41.1 Å². The Morgan fingerprint density at radius 3 is 2.73 bits per heavy atom. The molecule has 2 fully saturated rings. The van der Waals surface area contributed by atoms with E-state index >= 15 is 0 Å². The van der Waals surface area contributed by atoms with E-state index in [4.69, 9.17) is 5.73 Å². The van der Waals surface area contributed by atoms with Gasteiger partial charge in [0.15, 0.2) is 0 Å². The number of likely N-dealkylation sites (tertiary alicyclic amines) is 1. The van der Waals surface area contributed by atoms with Gasteiger partial charge in [0.2, 0.25) is 0 Å². The summed E-state index contributed by atoms with van der Waals surface area (Å²) in [5.41, 5.74) is 5.81. The summed E-state index contributed by atoms with van der Waals surface area (Å²) in [4.78, 5) is 2.73. The van der Waals surface area contributed by atoms with E-state index in [9.17, 15) is 0 Å². The number of nitrogens with two attached hydrogens (primary N) is 1. The summed E-state index contributed by atoms with van der Waals surface area (Å²) in [6.07, 6.45) is 4.06. The molecule has 4 atom stereocenters. The number of hydrogen-bond acceptors (Lipinski definition) is 3. The molecular formula is C12H24N2S. The molecule has 2 heterocycles. The van der Waals surface area contributed by atoms with Gasteiger partial charge in [-0.25, -0.2) is 0 Å². The highest BCUT2D eigenvalue weighted by molar-refractivity contribution is 8.00. The zero-order chi connectivity index (χ0) is 10.8. The minimum Gasteiger partial charge on any atom is -0.330 e.